The van der Waals surface area contributed by atoms with E-state index in [1.807, 2.05) is 0 Å². The van der Waals surface area contributed by atoms with E-state index in [2.05, 4.69) is 0 Å². The van der Waals surface area contributed by atoms with E-state index in [0.717, 1.165) is 16.7 Å². The summed E-state index contributed by atoms with van der Waals surface area (Å²) in [5.74, 6) is -0.350. The number of halogens is 1. The number of amides is 2. The van der Waals surface area contributed by atoms with Gasteiger partial charge in [-0.25, -0.2) is 0 Å². The minimum absolute atomic E-state index is 0.0209. The van der Waals surface area contributed by atoms with Gasteiger partial charge in [-0.1, -0.05) is 17.7 Å². The van der Waals surface area contributed by atoms with E-state index in [-0.39, 0.29) is 21.9 Å². The van der Waals surface area contributed by atoms with Gasteiger partial charge in [0.1, 0.15) is 5.75 Å². The third-order valence-electron chi connectivity index (χ3n) is 2.26. The van der Waals surface area contributed by atoms with Gasteiger partial charge in [0.2, 0.25) is 0 Å². The molecule has 6 heteroatoms. The molecule has 4 nitrogen and oxygen atoms in total. The van der Waals surface area contributed by atoms with Gasteiger partial charge in [-0.05, 0) is 35.5 Å². The van der Waals surface area contributed by atoms with Crippen LogP contribution in [0.2, 0.25) is 5.02 Å². The Morgan fingerprint density at radius 3 is 2.65 bits per heavy atom. The van der Waals surface area contributed by atoms with Gasteiger partial charge >= 0.3 is 0 Å². The van der Waals surface area contributed by atoms with Crippen molar-refractivity contribution in [2.24, 2.45) is 0 Å². The molecule has 0 atom stereocenters. The van der Waals surface area contributed by atoms with Gasteiger partial charge in [-0.2, -0.15) is 0 Å². The van der Waals surface area contributed by atoms with Crippen LogP contribution >= 0.6 is 23.4 Å². The predicted molar refractivity (Wildman–Crippen MR) is 66.9 cm³/mol. The van der Waals surface area contributed by atoms with E-state index in [1.165, 1.54) is 19.2 Å². The molecule has 1 heterocycles. The van der Waals surface area contributed by atoms with Crippen LogP contribution in [-0.4, -0.2) is 28.2 Å². The Kier molecular flexibility index (Phi) is 3.13. The maximum Gasteiger partial charge on any atom is 0.293 e. The fraction of sp³-hybridized carbons (Fsp3) is 0.0909. The van der Waals surface area contributed by atoms with Crippen LogP contribution in [0.5, 0.6) is 5.75 Å². The Morgan fingerprint density at radius 2 is 2.12 bits per heavy atom. The Hall–Kier alpha value is -1.46. The second kappa shape index (κ2) is 4.43. The number of imide groups is 1. The van der Waals surface area contributed by atoms with Crippen molar-refractivity contribution in [3.63, 3.8) is 0 Å². The summed E-state index contributed by atoms with van der Waals surface area (Å²) in [4.78, 5) is 24.3. The summed E-state index contributed by atoms with van der Waals surface area (Å²) in [7, 11) is 1.43. The first kappa shape index (κ1) is 12.0. The molecule has 0 aliphatic carbocycles. The summed E-state index contributed by atoms with van der Waals surface area (Å²) in [5, 5.41) is 9.16. The van der Waals surface area contributed by atoms with Crippen LogP contribution in [0.1, 0.15) is 5.56 Å². The Morgan fingerprint density at radius 1 is 1.41 bits per heavy atom. The van der Waals surface area contributed by atoms with Gasteiger partial charge in [0.05, 0.1) is 9.93 Å². The number of nitrogens with zero attached hydrogens (tertiary/aromatic N) is 1. The number of aromatic hydroxyl groups is 1. The highest BCUT2D eigenvalue weighted by atomic mass is 35.5. The molecule has 88 valence electrons. The number of likely N-dealkylation sites (N-methyl/N-ethyl adjacent to an activating group) is 1. The lowest BCUT2D eigenvalue weighted by atomic mass is 10.2. The van der Waals surface area contributed by atoms with Gasteiger partial charge in [-0.3, -0.25) is 14.5 Å². The van der Waals surface area contributed by atoms with Crippen molar-refractivity contribution in [2.75, 3.05) is 7.05 Å². The lowest BCUT2D eigenvalue weighted by molar-refractivity contribution is -0.121. The molecule has 1 aromatic carbocycles. The summed E-state index contributed by atoms with van der Waals surface area (Å²) in [5.41, 5.74) is 0.659. The van der Waals surface area contributed by atoms with Crippen molar-refractivity contribution in [1.82, 2.24) is 4.90 Å². The number of carbonyl (C=O) groups excluding carboxylic acids is 2. The quantitative estimate of drug-likeness (QED) is 0.797. The number of hydrogen-bond acceptors (Lipinski definition) is 4. The van der Waals surface area contributed by atoms with Crippen LogP contribution in [-0.2, 0) is 4.79 Å². The van der Waals surface area contributed by atoms with E-state index < -0.39 is 0 Å². The molecular formula is C11H8ClNO3S. The van der Waals surface area contributed by atoms with Crippen molar-refractivity contribution >= 4 is 40.6 Å². The molecule has 1 N–H and O–H groups in total. The van der Waals surface area contributed by atoms with E-state index in [9.17, 15) is 14.7 Å². The standard InChI is InChI=1S/C11H8ClNO3S/c1-13-10(15)9(17-11(13)16)5-6-2-3-8(14)7(12)4-6/h2-5,14H,1H3/b9-5-. The third kappa shape index (κ3) is 2.30. The number of phenolic OH excluding ortho intramolecular Hbond substituents is 1. The molecule has 1 fully saturated rings. The van der Waals surface area contributed by atoms with Crippen molar-refractivity contribution < 1.29 is 14.7 Å². The smallest absolute Gasteiger partial charge is 0.293 e. The fourth-order valence-corrected chi connectivity index (χ4v) is 2.33. The SMILES string of the molecule is CN1C(=O)S/C(=C\c2ccc(O)c(Cl)c2)C1=O. The summed E-state index contributed by atoms with van der Waals surface area (Å²) in [6, 6.07) is 4.58. The highest BCUT2D eigenvalue weighted by Crippen LogP contribution is 2.32. The molecule has 0 radical (unpaired) electrons. The van der Waals surface area contributed by atoms with Gasteiger partial charge in [0, 0.05) is 7.05 Å². The lowest BCUT2D eigenvalue weighted by Gasteiger charge is -2.01. The zero-order valence-electron chi connectivity index (χ0n) is 8.81. The van der Waals surface area contributed by atoms with E-state index >= 15 is 0 Å². The second-order valence-electron chi connectivity index (χ2n) is 3.45. The molecule has 0 spiro atoms. The average molecular weight is 270 g/mol. The van der Waals surface area contributed by atoms with E-state index in [4.69, 9.17) is 11.6 Å². The van der Waals surface area contributed by atoms with E-state index in [1.54, 1.807) is 12.1 Å². The predicted octanol–water partition coefficient (Wildman–Crippen LogP) is 2.71. The maximum absolute atomic E-state index is 11.6. The first-order valence-corrected chi connectivity index (χ1v) is 5.88. The van der Waals surface area contributed by atoms with Gasteiger partial charge < -0.3 is 5.11 Å². The molecule has 2 rings (SSSR count). The number of rotatable bonds is 1. The molecule has 0 bridgehead atoms. The van der Waals surface area contributed by atoms with Gasteiger partial charge in [-0.15, -0.1) is 0 Å². The number of carbonyl (C=O) groups is 2. The van der Waals surface area contributed by atoms with Crippen LogP contribution in [0.25, 0.3) is 6.08 Å². The Bertz CT molecular complexity index is 542. The van der Waals surface area contributed by atoms with Crippen LogP contribution in [0.15, 0.2) is 23.1 Å². The molecule has 1 saturated heterocycles. The summed E-state index contributed by atoms with van der Waals surface area (Å²) < 4.78 is 0. The molecule has 2 amide bonds. The number of thioether (sulfide) groups is 1. The summed E-state index contributed by atoms with van der Waals surface area (Å²) in [6.07, 6.45) is 1.57. The van der Waals surface area contributed by atoms with Crippen LogP contribution in [0, 0.1) is 0 Å². The summed E-state index contributed by atoms with van der Waals surface area (Å²) >= 11 is 6.62. The van der Waals surface area contributed by atoms with Crippen LogP contribution < -0.4 is 0 Å². The summed E-state index contributed by atoms with van der Waals surface area (Å²) in [6.45, 7) is 0. The Balaban J connectivity index is 2.34. The average Bonchev–Trinajstić information content (AvgIpc) is 2.52. The largest absolute Gasteiger partial charge is 0.506 e. The zero-order chi connectivity index (χ0) is 12.6. The van der Waals surface area contributed by atoms with Crippen LogP contribution in [0.4, 0.5) is 4.79 Å². The van der Waals surface area contributed by atoms with Gasteiger partial charge in [0.25, 0.3) is 11.1 Å². The normalized spacial score (nSPS) is 18.2. The van der Waals surface area contributed by atoms with Crippen molar-refractivity contribution in [1.29, 1.82) is 0 Å². The van der Waals surface area contributed by atoms with Gasteiger partial charge in [0.15, 0.2) is 0 Å². The highest BCUT2D eigenvalue weighted by Gasteiger charge is 2.31. The topological polar surface area (TPSA) is 57.6 Å². The Labute approximate surface area is 107 Å². The first-order valence-electron chi connectivity index (χ1n) is 4.69. The lowest BCUT2D eigenvalue weighted by Crippen LogP contribution is -2.22. The molecule has 1 aliphatic heterocycles. The molecule has 1 aliphatic rings. The molecule has 1 aromatic rings. The highest BCUT2D eigenvalue weighted by molar-refractivity contribution is 8.18. The zero-order valence-corrected chi connectivity index (χ0v) is 10.4. The maximum atomic E-state index is 11.6. The molecule has 0 aromatic heterocycles. The third-order valence-corrected chi connectivity index (χ3v) is 3.52. The minimum atomic E-state index is -0.329. The number of hydrogen-bond donors (Lipinski definition) is 1. The molecule has 0 unspecified atom stereocenters. The fourth-order valence-electron chi connectivity index (χ4n) is 1.31. The number of benzene rings is 1. The minimum Gasteiger partial charge on any atom is -0.506 e. The van der Waals surface area contributed by atoms with Crippen molar-refractivity contribution in [3.05, 3.63) is 33.7 Å². The molecular weight excluding hydrogens is 262 g/mol. The van der Waals surface area contributed by atoms with Crippen molar-refractivity contribution in [2.45, 2.75) is 0 Å². The second-order valence-corrected chi connectivity index (χ2v) is 4.85. The molecule has 0 saturated carbocycles. The van der Waals surface area contributed by atoms with Crippen molar-refractivity contribution in [3.8, 4) is 5.75 Å². The molecule has 17 heavy (non-hydrogen) atoms. The first-order chi connectivity index (χ1) is 7.99. The monoisotopic (exact) mass is 269 g/mol. The van der Waals surface area contributed by atoms with E-state index in [0.29, 0.717) is 10.5 Å². The number of phenols is 1. The van der Waals surface area contributed by atoms with Crippen LogP contribution in [0.3, 0.4) is 0 Å².